The van der Waals surface area contributed by atoms with Crippen molar-refractivity contribution in [3.05, 3.63) is 32.6 Å². The lowest BCUT2D eigenvalue weighted by molar-refractivity contribution is -0.150. The van der Waals surface area contributed by atoms with Crippen LogP contribution in [0.2, 0.25) is 0 Å². The molecule has 6 bridgehead atoms. The lowest BCUT2D eigenvalue weighted by Crippen LogP contribution is -2.52. The second-order valence-corrected chi connectivity index (χ2v) is 11.1. The van der Waals surface area contributed by atoms with Crippen LogP contribution in [0.25, 0.3) is 0 Å². The molecule has 17 nitrogen and oxygen atoms in total. The zero-order valence-corrected chi connectivity index (χ0v) is 21.1. The number of H-pyrrole nitrogens is 1. The molecule has 0 aliphatic carbocycles. The van der Waals surface area contributed by atoms with Crippen LogP contribution in [0.15, 0.2) is 15.8 Å². The van der Waals surface area contributed by atoms with Crippen LogP contribution >= 0.6 is 7.82 Å². The van der Waals surface area contributed by atoms with E-state index in [1.54, 1.807) is 0 Å². The first-order chi connectivity index (χ1) is 17.7. The van der Waals surface area contributed by atoms with Crippen molar-refractivity contribution >= 4 is 19.8 Å². The van der Waals surface area contributed by atoms with Gasteiger partial charge in [0, 0.05) is 31.1 Å². The number of carboxylic acids is 1. The summed E-state index contributed by atoms with van der Waals surface area (Å²) in [4.78, 5) is 63.0. The van der Waals surface area contributed by atoms with Gasteiger partial charge in [0.05, 0.1) is 24.7 Å². The molecule has 4 heterocycles. The minimum Gasteiger partial charge on any atom is -0.481 e. The van der Waals surface area contributed by atoms with E-state index >= 15 is 0 Å². The molecular formula is C20H29N4O13P. The molecule has 3 aliphatic rings. The second kappa shape index (κ2) is 10.5. The summed E-state index contributed by atoms with van der Waals surface area (Å²) < 4.78 is 35.0. The molecular weight excluding hydrogens is 535 g/mol. The van der Waals surface area contributed by atoms with Crippen molar-refractivity contribution in [1.82, 2.24) is 14.5 Å². The number of rotatable bonds is 2. The van der Waals surface area contributed by atoms with Crippen molar-refractivity contribution in [3.63, 3.8) is 0 Å². The van der Waals surface area contributed by atoms with Crippen molar-refractivity contribution in [2.75, 3.05) is 19.8 Å². The lowest BCUT2D eigenvalue weighted by atomic mass is 9.83. The molecule has 212 valence electrons. The highest BCUT2D eigenvalue weighted by atomic mass is 31.2. The highest BCUT2D eigenvalue weighted by Gasteiger charge is 2.47. The average Bonchev–Trinajstić information content (AvgIpc) is 3.39. The Morgan fingerprint density at radius 3 is 2.58 bits per heavy atom. The molecule has 2 fully saturated rings. The first-order valence-electron chi connectivity index (χ1n) is 11.6. The van der Waals surface area contributed by atoms with E-state index < -0.39 is 99.5 Å². The fourth-order valence-corrected chi connectivity index (χ4v) is 5.72. The molecule has 0 saturated carbocycles. The molecule has 1 aromatic rings. The third kappa shape index (κ3) is 5.69. The Labute approximate surface area is 214 Å². The second-order valence-electron chi connectivity index (χ2n) is 9.72. The first-order valence-corrected chi connectivity index (χ1v) is 13.1. The monoisotopic (exact) mass is 564 g/mol. The number of aliphatic hydroxyl groups excluding tert-OH is 2. The number of phosphoric acid groups is 1. The van der Waals surface area contributed by atoms with Crippen LogP contribution in [0.4, 0.5) is 4.79 Å². The number of nitrogens with one attached hydrogen (secondary N) is 1. The van der Waals surface area contributed by atoms with E-state index in [2.05, 4.69) is 4.98 Å². The lowest BCUT2D eigenvalue weighted by Gasteiger charge is -2.34. The van der Waals surface area contributed by atoms with Gasteiger partial charge in [-0.05, 0) is 13.3 Å². The van der Waals surface area contributed by atoms with Crippen LogP contribution in [-0.4, -0.2) is 97.1 Å². The average molecular weight is 564 g/mol. The smallest absolute Gasteiger partial charge is 0.472 e. The van der Waals surface area contributed by atoms with E-state index in [4.69, 9.17) is 24.3 Å². The number of ether oxygens (including phenoxy) is 2. The molecule has 38 heavy (non-hydrogen) atoms. The number of aromatic nitrogens is 2. The fraction of sp³-hybridized carbons (Fsp3) is 0.700. The Kier molecular flexibility index (Phi) is 7.84. The molecule has 3 aliphatic heterocycles. The first kappa shape index (κ1) is 28.4. The summed E-state index contributed by atoms with van der Waals surface area (Å²) in [6.45, 7) is -0.642. The van der Waals surface area contributed by atoms with Crippen molar-refractivity contribution in [1.29, 1.82) is 0 Å². The molecule has 2 saturated heterocycles. The highest BCUT2D eigenvalue weighted by Crippen LogP contribution is 2.48. The molecule has 7 N–H and O–H groups in total. The fourth-order valence-electron chi connectivity index (χ4n) is 4.76. The summed E-state index contributed by atoms with van der Waals surface area (Å²) >= 11 is 0. The molecule has 18 heteroatoms. The van der Waals surface area contributed by atoms with Crippen LogP contribution in [0.1, 0.15) is 31.6 Å². The highest BCUT2D eigenvalue weighted by molar-refractivity contribution is 7.47. The van der Waals surface area contributed by atoms with Crippen molar-refractivity contribution < 1.29 is 52.9 Å². The number of aromatic amines is 1. The maximum absolute atomic E-state index is 12.6. The molecule has 0 aromatic carbocycles. The molecule has 1 unspecified atom stereocenters. The van der Waals surface area contributed by atoms with Crippen LogP contribution in [0.3, 0.4) is 0 Å². The molecule has 1 aromatic heterocycles. The number of primary amides is 1. The van der Waals surface area contributed by atoms with Crippen LogP contribution in [-0.2, 0) is 34.3 Å². The van der Waals surface area contributed by atoms with Gasteiger partial charge in [-0.1, -0.05) is 0 Å². The summed E-state index contributed by atoms with van der Waals surface area (Å²) in [6, 6.07) is -1.10. The number of nitrogens with two attached hydrogens (primary N) is 1. The van der Waals surface area contributed by atoms with Crippen molar-refractivity contribution in [2.24, 2.45) is 11.1 Å². The molecule has 0 spiro atoms. The zero-order valence-electron chi connectivity index (χ0n) is 20.2. The van der Waals surface area contributed by atoms with Gasteiger partial charge in [0.1, 0.15) is 30.8 Å². The maximum atomic E-state index is 12.6. The van der Waals surface area contributed by atoms with Gasteiger partial charge in [-0.25, -0.2) is 14.2 Å². The van der Waals surface area contributed by atoms with Crippen LogP contribution < -0.4 is 17.0 Å². The van der Waals surface area contributed by atoms with Gasteiger partial charge < -0.3 is 35.4 Å². The van der Waals surface area contributed by atoms with E-state index in [-0.39, 0.29) is 18.4 Å². The number of hydrogen-bond donors (Lipinski definition) is 6. The predicted octanol–water partition coefficient (Wildman–Crippen LogP) is -2.18. The Balaban J connectivity index is 1.79. The SMILES string of the molecule is C[C@@]1(C(=O)O)Cc2cn(c(=O)[nH]c2=O)[C@H]2C[C@@H](O)[C@@H](COP(=O)(O)O[C@@H]3C[C@@H](O[C@@H]3CO)N(C(N)=O)C1)O2. The maximum Gasteiger partial charge on any atom is 0.472 e. The van der Waals surface area contributed by atoms with E-state index in [0.29, 0.717) is 0 Å². The van der Waals surface area contributed by atoms with Gasteiger partial charge in [-0.15, -0.1) is 0 Å². The number of carbonyl (C=O) groups is 2. The summed E-state index contributed by atoms with van der Waals surface area (Å²) in [5, 5.41) is 30.2. The minimum absolute atomic E-state index is 0.136. The quantitative estimate of drug-likeness (QED) is 0.209. The van der Waals surface area contributed by atoms with Crippen molar-refractivity contribution in [2.45, 2.75) is 63.1 Å². The van der Waals surface area contributed by atoms with Crippen LogP contribution in [0.5, 0.6) is 0 Å². The van der Waals surface area contributed by atoms with E-state index in [1.807, 2.05) is 0 Å². The third-order valence-corrected chi connectivity index (χ3v) is 7.85. The Morgan fingerprint density at radius 1 is 1.24 bits per heavy atom. The minimum atomic E-state index is -4.83. The van der Waals surface area contributed by atoms with E-state index in [1.165, 1.54) is 6.92 Å². The van der Waals surface area contributed by atoms with E-state index in [9.17, 15) is 44.0 Å². The number of aliphatic carboxylic acids is 1. The standard InChI is InChI=1S/C20H29N4O13P/c1-20(17(28)29)4-9-5-23(19(31)22-16(9)27)14-2-10(26)13(36-14)7-34-38(32,33)37-11-3-15(35-12(11)6-25)24(8-20)18(21)30/h5,10-15,25-26H,2-4,6-8H2,1H3,(H2,21,30)(H,28,29)(H,32,33)(H,22,27,31)/t10-,11-,12-,13-,14-,15-,20-/m1/s1. The Bertz CT molecular complexity index is 1250. The van der Waals surface area contributed by atoms with Gasteiger partial charge in [0.2, 0.25) is 0 Å². The molecule has 4 rings (SSSR count). The number of hydrogen-bond acceptors (Lipinski definition) is 11. The van der Waals surface area contributed by atoms with Gasteiger partial charge in [0.25, 0.3) is 5.56 Å². The molecule has 8 atom stereocenters. The topological polar surface area (TPSA) is 253 Å². The number of carbonyl (C=O) groups excluding carboxylic acids is 1. The molecule has 0 radical (unpaired) electrons. The summed E-state index contributed by atoms with van der Waals surface area (Å²) in [5.41, 5.74) is 1.76. The summed E-state index contributed by atoms with van der Waals surface area (Å²) in [5.74, 6) is -1.41. The summed E-state index contributed by atoms with van der Waals surface area (Å²) in [6.07, 6.45) is -7.09. The van der Waals surface area contributed by atoms with Gasteiger partial charge in [0.15, 0.2) is 0 Å². The number of amides is 2. The zero-order chi connectivity index (χ0) is 28.0. The normalized spacial score (nSPS) is 38.1. The van der Waals surface area contributed by atoms with E-state index in [0.717, 1.165) is 15.7 Å². The van der Waals surface area contributed by atoms with Gasteiger partial charge in [-0.3, -0.25) is 33.1 Å². The van der Waals surface area contributed by atoms with Crippen LogP contribution in [0, 0.1) is 5.41 Å². The predicted molar refractivity (Wildman–Crippen MR) is 123 cm³/mol. The number of carboxylic acid groups (broad SMARTS) is 1. The Morgan fingerprint density at radius 2 is 1.95 bits per heavy atom. The summed E-state index contributed by atoms with van der Waals surface area (Å²) in [7, 11) is -4.83. The largest absolute Gasteiger partial charge is 0.481 e. The van der Waals surface area contributed by atoms with Crippen molar-refractivity contribution in [3.8, 4) is 0 Å². The number of aliphatic hydroxyl groups is 2. The number of fused-ring (bicyclic) bond motifs is 7. The Hall–Kier alpha value is -2.63. The number of urea groups is 1. The number of nitrogens with zero attached hydrogens (tertiary/aromatic N) is 2. The molecule has 2 amide bonds. The van der Waals surface area contributed by atoms with Gasteiger partial charge in [-0.2, -0.15) is 0 Å². The van der Waals surface area contributed by atoms with Gasteiger partial charge >= 0.3 is 25.5 Å². The number of phosphoric ester groups is 1. The third-order valence-electron chi connectivity index (χ3n) is 6.83.